The first kappa shape index (κ1) is 18.4. The number of halogens is 1. The minimum absolute atomic E-state index is 0.0151. The molecule has 0 saturated carbocycles. The van der Waals surface area contributed by atoms with Gasteiger partial charge in [0, 0.05) is 22.8 Å². The van der Waals surface area contributed by atoms with Gasteiger partial charge in [-0.05, 0) is 60.6 Å². The normalized spacial score (nSPS) is 18.0. The smallest absolute Gasteiger partial charge is 0.225 e. The van der Waals surface area contributed by atoms with E-state index in [-0.39, 0.29) is 17.6 Å². The van der Waals surface area contributed by atoms with Crippen molar-refractivity contribution in [2.75, 3.05) is 5.32 Å². The Hall–Kier alpha value is -2.66. The van der Waals surface area contributed by atoms with Crippen molar-refractivity contribution in [2.45, 2.75) is 44.6 Å². The number of para-hydroxylation sites is 1. The Morgan fingerprint density at radius 1 is 1.07 bits per heavy atom. The van der Waals surface area contributed by atoms with Crippen molar-refractivity contribution in [3.05, 3.63) is 81.5 Å². The number of fused-ring (bicyclic) bond motifs is 3. The summed E-state index contributed by atoms with van der Waals surface area (Å²) in [5.74, 6) is 0.617. The van der Waals surface area contributed by atoms with Crippen molar-refractivity contribution in [3.63, 3.8) is 0 Å². The molecule has 1 N–H and O–H groups in total. The van der Waals surface area contributed by atoms with Gasteiger partial charge in [0.05, 0.1) is 5.00 Å². The van der Waals surface area contributed by atoms with Crippen LogP contribution in [0.15, 0.2) is 48.5 Å². The highest BCUT2D eigenvalue weighted by Gasteiger charge is 2.34. The van der Waals surface area contributed by atoms with E-state index in [0.717, 1.165) is 34.7 Å². The number of hydrogen-bond acceptors (Lipinski definition) is 3. The van der Waals surface area contributed by atoms with Crippen LogP contribution in [-0.2, 0) is 24.2 Å². The Bertz CT molecular complexity index is 1060. The SMILES string of the molecule is O=C1C[C@H](c2ccccc2OCc2ccc(F)cc2)c2c(sc3c2CCCC3)N1. The lowest BCUT2D eigenvalue weighted by atomic mass is 9.81. The van der Waals surface area contributed by atoms with Gasteiger partial charge in [-0.15, -0.1) is 11.3 Å². The molecule has 2 aromatic carbocycles. The lowest BCUT2D eigenvalue weighted by molar-refractivity contribution is -0.116. The first-order valence-corrected chi connectivity index (χ1v) is 10.9. The highest BCUT2D eigenvalue weighted by atomic mass is 32.1. The summed E-state index contributed by atoms with van der Waals surface area (Å²) in [4.78, 5) is 13.9. The molecule has 3 aromatic rings. The second kappa shape index (κ2) is 7.64. The van der Waals surface area contributed by atoms with Crippen LogP contribution in [0.2, 0.25) is 0 Å². The molecule has 0 saturated heterocycles. The molecule has 1 aliphatic carbocycles. The van der Waals surface area contributed by atoms with Crippen LogP contribution in [0.1, 0.15) is 52.3 Å². The molecule has 3 nitrogen and oxygen atoms in total. The maximum Gasteiger partial charge on any atom is 0.225 e. The van der Waals surface area contributed by atoms with Gasteiger partial charge in [0.1, 0.15) is 18.2 Å². The van der Waals surface area contributed by atoms with E-state index in [0.29, 0.717) is 13.0 Å². The van der Waals surface area contributed by atoms with E-state index in [1.165, 1.54) is 41.0 Å². The number of nitrogens with one attached hydrogen (secondary N) is 1. The van der Waals surface area contributed by atoms with Gasteiger partial charge in [-0.3, -0.25) is 4.79 Å². The highest BCUT2D eigenvalue weighted by molar-refractivity contribution is 7.16. The summed E-state index contributed by atoms with van der Waals surface area (Å²) in [6.45, 7) is 0.366. The largest absolute Gasteiger partial charge is 0.489 e. The number of aryl methyl sites for hydroxylation is 1. The Morgan fingerprint density at radius 2 is 1.86 bits per heavy atom. The zero-order valence-electron chi connectivity index (χ0n) is 16.0. The van der Waals surface area contributed by atoms with E-state index in [4.69, 9.17) is 4.74 Å². The van der Waals surface area contributed by atoms with Crippen LogP contribution in [0, 0.1) is 5.82 Å². The van der Waals surface area contributed by atoms with Gasteiger partial charge in [-0.25, -0.2) is 4.39 Å². The number of thiophene rings is 1. The van der Waals surface area contributed by atoms with Crippen LogP contribution in [0.3, 0.4) is 0 Å². The number of anilines is 1. The van der Waals surface area contributed by atoms with Crippen LogP contribution in [0.4, 0.5) is 9.39 Å². The number of carbonyl (C=O) groups is 1. The Labute approximate surface area is 173 Å². The molecule has 0 radical (unpaired) electrons. The zero-order valence-corrected chi connectivity index (χ0v) is 16.9. The molecule has 2 heterocycles. The average Bonchev–Trinajstić information content (AvgIpc) is 3.11. The molecule has 1 aromatic heterocycles. The fourth-order valence-electron chi connectivity index (χ4n) is 4.42. The molecule has 0 unspecified atom stereocenters. The molecule has 0 fully saturated rings. The third kappa shape index (κ3) is 3.55. The standard InChI is InChI=1S/C24H22FNO2S/c25-16-11-9-15(10-12-16)14-28-20-7-3-1-5-17(20)19-13-22(27)26-24-23(19)18-6-2-4-8-21(18)29-24/h1,3,5,7,9-12,19H,2,4,6,8,13-14H2,(H,26,27)/t19-/m1/s1. The molecule has 0 spiro atoms. The highest BCUT2D eigenvalue weighted by Crippen LogP contribution is 2.49. The minimum atomic E-state index is -0.253. The van der Waals surface area contributed by atoms with Gasteiger partial charge in [0.15, 0.2) is 0 Å². The van der Waals surface area contributed by atoms with Crippen molar-refractivity contribution in [1.82, 2.24) is 0 Å². The molecule has 1 aliphatic heterocycles. The van der Waals surface area contributed by atoms with E-state index in [1.54, 1.807) is 23.5 Å². The molecule has 2 aliphatic rings. The fraction of sp³-hybridized carbons (Fsp3) is 0.292. The number of carbonyl (C=O) groups excluding carboxylic acids is 1. The lowest BCUT2D eigenvalue weighted by Crippen LogP contribution is -2.23. The summed E-state index contributed by atoms with van der Waals surface area (Å²) in [5, 5.41) is 4.12. The molecule has 29 heavy (non-hydrogen) atoms. The monoisotopic (exact) mass is 407 g/mol. The zero-order chi connectivity index (χ0) is 19.8. The van der Waals surface area contributed by atoms with Crippen molar-refractivity contribution in [1.29, 1.82) is 0 Å². The number of benzene rings is 2. The van der Waals surface area contributed by atoms with Crippen LogP contribution in [0.5, 0.6) is 5.75 Å². The first-order valence-electron chi connectivity index (χ1n) is 10.1. The molecule has 148 valence electrons. The van der Waals surface area contributed by atoms with Crippen molar-refractivity contribution in [3.8, 4) is 5.75 Å². The predicted octanol–water partition coefficient (Wildman–Crippen LogP) is 5.82. The van der Waals surface area contributed by atoms with Gasteiger partial charge >= 0.3 is 0 Å². The van der Waals surface area contributed by atoms with Gasteiger partial charge in [0.2, 0.25) is 5.91 Å². The van der Waals surface area contributed by atoms with E-state index in [1.807, 2.05) is 18.2 Å². The quantitative estimate of drug-likeness (QED) is 0.592. The van der Waals surface area contributed by atoms with Crippen LogP contribution in [-0.4, -0.2) is 5.91 Å². The molecule has 1 amide bonds. The van der Waals surface area contributed by atoms with Crippen molar-refractivity contribution < 1.29 is 13.9 Å². The number of rotatable bonds is 4. The van der Waals surface area contributed by atoms with Crippen molar-refractivity contribution in [2.24, 2.45) is 0 Å². The molecular formula is C24H22FNO2S. The second-order valence-corrected chi connectivity index (χ2v) is 8.82. The summed E-state index contributed by atoms with van der Waals surface area (Å²) in [6, 6.07) is 14.4. The van der Waals surface area contributed by atoms with Crippen molar-refractivity contribution >= 4 is 22.2 Å². The van der Waals surface area contributed by atoms with E-state index in [9.17, 15) is 9.18 Å². The summed E-state index contributed by atoms with van der Waals surface area (Å²) >= 11 is 1.75. The van der Waals surface area contributed by atoms with E-state index < -0.39 is 0 Å². The molecule has 5 heteroatoms. The van der Waals surface area contributed by atoms with Gasteiger partial charge in [0.25, 0.3) is 0 Å². The number of ether oxygens (including phenoxy) is 1. The average molecular weight is 408 g/mol. The van der Waals surface area contributed by atoms with Crippen LogP contribution >= 0.6 is 11.3 Å². The Morgan fingerprint density at radius 3 is 2.72 bits per heavy atom. The third-order valence-corrected chi connectivity index (χ3v) is 7.03. The summed E-state index contributed by atoms with van der Waals surface area (Å²) in [7, 11) is 0. The maximum absolute atomic E-state index is 13.2. The number of hydrogen-bond donors (Lipinski definition) is 1. The topological polar surface area (TPSA) is 38.3 Å². The second-order valence-electron chi connectivity index (χ2n) is 7.71. The number of amides is 1. The lowest BCUT2D eigenvalue weighted by Gasteiger charge is -2.27. The van der Waals surface area contributed by atoms with E-state index >= 15 is 0 Å². The third-order valence-electron chi connectivity index (χ3n) is 5.81. The Kier molecular flexibility index (Phi) is 4.84. The summed E-state index contributed by atoms with van der Waals surface area (Å²) in [5.41, 5.74) is 4.70. The maximum atomic E-state index is 13.2. The van der Waals surface area contributed by atoms with Crippen LogP contribution in [0.25, 0.3) is 0 Å². The molecule has 5 rings (SSSR count). The minimum Gasteiger partial charge on any atom is -0.489 e. The molecule has 1 atom stereocenters. The van der Waals surface area contributed by atoms with Gasteiger partial charge in [-0.2, -0.15) is 0 Å². The summed E-state index contributed by atoms with van der Waals surface area (Å²) in [6.07, 6.45) is 5.07. The Balaban J connectivity index is 1.49. The van der Waals surface area contributed by atoms with Gasteiger partial charge < -0.3 is 10.1 Å². The summed E-state index contributed by atoms with van der Waals surface area (Å²) < 4.78 is 19.3. The first-order chi connectivity index (χ1) is 14.2. The molecule has 0 bridgehead atoms. The van der Waals surface area contributed by atoms with Crippen LogP contribution < -0.4 is 10.1 Å². The fourth-order valence-corrected chi connectivity index (χ4v) is 5.79. The predicted molar refractivity (Wildman–Crippen MR) is 113 cm³/mol. The van der Waals surface area contributed by atoms with E-state index in [2.05, 4.69) is 11.4 Å². The van der Waals surface area contributed by atoms with Gasteiger partial charge in [-0.1, -0.05) is 30.3 Å². The molecular weight excluding hydrogens is 385 g/mol.